The van der Waals surface area contributed by atoms with Crippen molar-refractivity contribution in [1.82, 2.24) is 5.32 Å². The summed E-state index contributed by atoms with van der Waals surface area (Å²) in [6, 6.07) is 4.24. The number of nitrogens with one attached hydrogen (secondary N) is 2. The lowest BCUT2D eigenvalue weighted by Gasteiger charge is -2.06. The Kier molecular flexibility index (Phi) is 5.42. The van der Waals surface area contributed by atoms with E-state index in [1.807, 2.05) is 5.32 Å². The molecule has 0 fully saturated rings. The molecule has 7 nitrogen and oxygen atoms in total. The molecule has 0 saturated carbocycles. The second kappa shape index (κ2) is 7.07. The van der Waals surface area contributed by atoms with Gasteiger partial charge in [0, 0.05) is 5.69 Å². The summed E-state index contributed by atoms with van der Waals surface area (Å²) in [5, 5.41) is 12.4. The van der Waals surface area contributed by atoms with Crippen LogP contribution in [-0.4, -0.2) is 36.2 Å². The fourth-order valence-corrected chi connectivity index (χ4v) is 1.12. The van der Waals surface area contributed by atoms with E-state index in [4.69, 9.17) is 5.11 Å². The first-order chi connectivity index (χ1) is 8.97. The van der Waals surface area contributed by atoms with Crippen molar-refractivity contribution < 1.29 is 28.6 Å². The largest absolute Gasteiger partial charge is 0.480 e. The highest BCUT2D eigenvalue weighted by atomic mass is 19.1. The van der Waals surface area contributed by atoms with Gasteiger partial charge in [-0.1, -0.05) is 6.07 Å². The van der Waals surface area contributed by atoms with Crippen LogP contribution in [-0.2, 0) is 14.3 Å². The zero-order valence-corrected chi connectivity index (χ0v) is 9.68. The van der Waals surface area contributed by atoms with E-state index in [9.17, 15) is 18.8 Å². The third kappa shape index (κ3) is 6.13. The van der Waals surface area contributed by atoms with E-state index < -0.39 is 36.9 Å². The molecule has 3 N–H and O–H groups in total. The predicted molar refractivity (Wildman–Crippen MR) is 62.0 cm³/mol. The van der Waals surface area contributed by atoms with Gasteiger partial charge in [0.05, 0.1) is 0 Å². The lowest BCUT2D eigenvalue weighted by atomic mass is 10.3. The van der Waals surface area contributed by atoms with Gasteiger partial charge < -0.3 is 15.2 Å². The van der Waals surface area contributed by atoms with Crippen molar-refractivity contribution in [2.75, 3.05) is 18.5 Å². The van der Waals surface area contributed by atoms with Gasteiger partial charge in [-0.2, -0.15) is 0 Å². The van der Waals surface area contributed by atoms with Gasteiger partial charge in [0.1, 0.15) is 19.0 Å². The summed E-state index contributed by atoms with van der Waals surface area (Å²) in [7, 11) is 0. The molecule has 0 saturated heterocycles. The summed E-state index contributed by atoms with van der Waals surface area (Å²) in [5.41, 5.74) is 0.178. The molecule has 102 valence electrons. The van der Waals surface area contributed by atoms with E-state index in [1.165, 1.54) is 18.2 Å². The van der Waals surface area contributed by atoms with Crippen LogP contribution in [0.25, 0.3) is 0 Å². The van der Waals surface area contributed by atoms with Crippen LogP contribution < -0.4 is 10.6 Å². The number of halogens is 1. The number of benzene rings is 1. The van der Waals surface area contributed by atoms with Crippen LogP contribution in [0, 0.1) is 5.82 Å². The van der Waals surface area contributed by atoms with Crippen LogP contribution >= 0.6 is 0 Å². The molecule has 1 aromatic carbocycles. The summed E-state index contributed by atoms with van der Waals surface area (Å²) in [4.78, 5) is 32.5. The van der Waals surface area contributed by atoms with Gasteiger partial charge in [0.2, 0.25) is 0 Å². The zero-order chi connectivity index (χ0) is 14.3. The highest BCUT2D eigenvalue weighted by Gasteiger charge is 2.09. The van der Waals surface area contributed by atoms with Crippen LogP contribution in [0.15, 0.2) is 24.3 Å². The fraction of sp³-hybridized carbons (Fsp3) is 0.182. The van der Waals surface area contributed by atoms with Gasteiger partial charge >= 0.3 is 12.0 Å². The Labute approximate surface area is 107 Å². The predicted octanol–water partition coefficient (Wildman–Crippen LogP) is 0.575. The van der Waals surface area contributed by atoms with Crippen molar-refractivity contribution in [2.45, 2.75) is 0 Å². The molecule has 0 spiro atoms. The molecule has 0 bridgehead atoms. The number of carbonyl (C=O) groups excluding carboxylic acids is 2. The number of amides is 3. The zero-order valence-electron chi connectivity index (χ0n) is 9.68. The van der Waals surface area contributed by atoms with Crippen molar-refractivity contribution in [1.29, 1.82) is 0 Å². The van der Waals surface area contributed by atoms with E-state index in [1.54, 1.807) is 0 Å². The van der Waals surface area contributed by atoms with Crippen molar-refractivity contribution in [3.63, 3.8) is 0 Å². The maximum Gasteiger partial charge on any atom is 0.329 e. The van der Waals surface area contributed by atoms with Gasteiger partial charge in [-0.3, -0.25) is 10.1 Å². The number of ether oxygens (including phenoxy) is 1. The second-order valence-corrected chi connectivity index (χ2v) is 3.40. The topological polar surface area (TPSA) is 105 Å². The number of carboxylic acids is 1. The Morgan fingerprint density at radius 2 is 2.00 bits per heavy atom. The number of carboxylic acid groups (broad SMARTS) is 1. The Balaban J connectivity index is 2.34. The molecule has 1 aromatic rings. The third-order valence-corrected chi connectivity index (χ3v) is 1.79. The van der Waals surface area contributed by atoms with Gasteiger partial charge in [0.15, 0.2) is 0 Å². The molecule has 0 aliphatic rings. The number of hydrogen-bond donors (Lipinski definition) is 3. The minimum atomic E-state index is -1.22. The van der Waals surface area contributed by atoms with Crippen molar-refractivity contribution in [2.24, 2.45) is 0 Å². The highest BCUT2D eigenvalue weighted by molar-refractivity contribution is 6.01. The molecule has 0 atom stereocenters. The molecular formula is C11H11FN2O5. The summed E-state index contributed by atoms with van der Waals surface area (Å²) < 4.78 is 17.3. The average Bonchev–Trinajstić information content (AvgIpc) is 2.27. The van der Waals surface area contributed by atoms with E-state index >= 15 is 0 Å². The monoisotopic (exact) mass is 270 g/mol. The maximum atomic E-state index is 12.8. The number of rotatable bonds is 5. The van der Waals surface area contributed by atoms with Gasteiger partial charge in [-0.15, -0.1) is 0 Å². The Morgan fingerprint density at radius 3 is 2.63 bits per heavy atom. The number of urea groups is 1. The summed E-state index contributed by atoms with van der Waals surface area (Å²) in [6.45, 7) is -1.21. The van der Waals surface area contributed by atoms with Crippen LogP contribution in [0.3, 0.4) is 0 Å². The molecule has 19 heavy (non-hydrogen) atoms. The lowest BCUT2D eigenvalue weighted by Crippen LogP contribution is -2.37. The Bertz CT molecular complexity index is 492. The lowest BCUT2D eigenvalue weighted by molar-refractivity contribution is -0.143. The van der Waals surface area contributed by atoms with Crippen LogP contribution in [0.5, 0.6) is 0 Å². The van der Waals surface area contributed by atoms with Gasteiger partial charge in [-0.05, 0) is 18.2 Å². The Hall–Kier alpha value is -2.48. The summed E-state index contributed by atoms with van der Waals surface area (Å²) in [5.74, 6) is -2.57. The number of anilines is 1. The molecule has 0 heterocycles. The first kappa shape index (κ1) is 14.6. The average molecular weight is 270 g/mol. The number of hydrogen-bond acceptors (Lipinski definition) is 4. The molecule has 3 amide bonds. The number of carbonyl (C=O) groups is 3. The molecule has 1 rings (SSSR count). The van der Waals surface area contributed by atoms with E-state index in [2.05, 4.69) is 10.1 Å². The van der Waals surface area contributed by atoms with Crippen molar-refractivity contribution >= 4 is 23.6 Å². The standard InChI is InChI=1S/C11H11FN2O5/c12-7-2-1-3-8(4-7)13-11(18)14-9(15)5-19-6-10(16)17/h1-4H,5-6H2,(H,16,17)(H2,13,14,15,18). The van der Waals surface area contributed by atoms with Crippen molar-refractivity contribution in [3.8, 4) is 0 Å². The number of imide groups is 1. The van der Waals surface area contributed by atoms with Crippen LogP contribution in [0.4, 0.5) is 14.9 Å². The summed E-state index contributed by atoms with van der Waals surface area (Å²) >= 11 is 0. The second-order valence-electron chi connectivity index (χ2n) is 3.40. The minimum absolute atomic E-state index is 0.178. The van der Waals surface area contributed by atoms with E-state index in [-0.39, 0.29) is 5.69 Å². The van der Waals surface area contributed by atoms with Gasteiger partial charge in [0.25, 0.3) is 5.91 Å². The molecule has 0 aromatic heterocycles. The molecule has 0 aliphatic carbocycles. The van der Waals surface area contributed by atoms with Crippen LogP contribution in [0.1, 0.15) is 0 Å². The molecular weight excluding hydrogens is 259 g/mol. The molecule has 0 unspecified atom stereocenters. The van der Waals surface area contributed by atoms with Crippen LogP contribution in [0.2, 0.25) is 0 Å². The first-order valence-electron chi connectivity index (χ1n) is 5.13. The SMILES string of the molecule is O=C(O)COCC(=O)NC(=O)Nc1cccc(F)c1. The molecule has 0 radical (unpaired) electrons. The summed E-state index contributed by atoms with van der Waals surface area (Å²) in [6.07, 6.45) is 0. The highest BCUT2D eigenvalue weighted by Crippen LogP contribution is 2.08. The normalized spacial score (nSPS) is 9.74. The molecule has 0 aliphatic heterocycles. The van der Waals surface area contributed by atoms with Gasteiger partial charge in [-0.25, -0.2) is 14.0 Å². The smallest absolute Gasteiger partial charge is 0.329 e. The first-order valence-corrected chi connectivity index (χ1v) is 5.13. The van der Waals surface area contributed by atoms with E-state index in [0.29, 0.717) is 0 Å². The quantitative estimate of drug-likeness (QED) is 0.725. The Morgan fingerprint density at radius 1 is 1.26 bits per heavy atom. The molecule has 8 heteroatoms. The number of aliphatic carboxylic acids is 1. The fourth-order valence-electron chi connectivity index (χ4n) is 1.12. The minimum Gasteiger partial charge on any atom is -0.480 e. The van der Waals surface area contributed by atoms with E-state index in [0.717, 1.165) is 6.07 Å². The maximum absolute atomic E-state index is 12.8. The van der Waals surface area contributed by atoms with Crippen molar-refractivity contribution in [3.05, 3.63) is 30.1 Å². The third-order valence-electron chi connectivity index (χ3n) is 1.79.